The highest BCUT2D eigenvalue weighted by Gasteiger charge is 2.31. The molecule has 0 spiro atoms. The van der Waals surface area contributed by atoms with Gasteiger partial charge in [-0.2, -0.15) is 0 Å². The number of carbonyl (C=O) groups is 2. The van der Waals surface area contributed by atoms with E-state index in [9.17, 15) is 9.59 Å². The van der Waals surface area contributed by atoms with Crippen LogP contribution in [-0.4, -0.2) is 11.6 Å². The molecular formula is C13H13NO2. The maximum Gasteiger partial charge on any atom is 0.192 e. The molecule has 1 aliphatic carbocycles. The summed E-state index contributed by atoms with van der Waals surface area (Å²) < 4.78 is 0. The van der Waals surface area contributed by atoms with Crippen LogP contribution in [0.3, 0.4) is 0 Å². The van der Waals surface area contributed by atoms with Crippen LogP contribution in [0.1, 0.15) is 23.5 Å². The van der Waals surface area contributed by atoms with Crippen molar-refractivity contribution < 1.29 is 9.59 Å². The van der Waals surface area contributed by atoms with Gasteiger partial charge in [-0.1, -0.05) is 35.9 Å². The van der Waals surface area contributed by atoms with Crippen LogP contribution in [0.15, 0.2) is 36.0 Å². The lowest BCUT2D eigenvalue weighted by atomic mass is 9.84. The average Bonchev–Trinajstić information content (AvgIpc) is 2.27. The fraction of sp³-hybridized carbons (Fsp3) is 0.231. The summed E-state index contributed by atoms with van der Waals surface area (Å²) in [6.07, 6.45) is 1.74. The Morgan fingerprint density at radius 2 is 1.81 bits per heavy atom. The molecule has 1 aliphatic rings. The molecule has 0 aromatic heterocycles. The average molecular weight is 215 g/mol. The minimum atomic E-state index is -0.703. The van der Waals surface area contributed by atoms with E-state index in [-0.39, 0.29) is 23.7 Å². The first-order valence-electron chi connectivity index (χ1n) is 5.18. The van der Waals surface area contributed by atoms with E-state index in [0.717, 1.165) is 11.1 Å². The molecule has 1 aromatic carbocycles. The quantitative estimate of drug-likeness (QED) is 0.721. The number of rotatable bonds is 1. The Morgan fingerprint density at radius 3 is 2.44 bits per heavy atom. The SMILES string of the molecule is Cc1ccc(C2C(=O)CC=C(N)C2=O)cc1. The molecule has 0 radical (unpaired) electrons. The van der Waals surface area contributed by atoms with Crippen LogP contribution >= 0.6 is 0 Å². The predicted molar refractivity (Wildman–Crippen MR) is 60.8 cm³/mol. The Hall–Kier alpha value is -1.90. The molecule has 82 valence electrons. The van der Waals surface area contributed by atoms with E-state index >= 15 is 0 Å². The first kappa shape index (κ1) is 10.6. The highest BCUT2D eigenvalue weighted by atomic mass is 16.2. The van der Waals surface area contributed by atoms with Crippen molar-refractivity contribution in [1.29, 1.82) is 0 Å². The van der Waals surface area contributed by atoms with E-state index in [2.05, 4.69) is 0 Å². The second-order valence-corrected chi connectivity index (χ2v) is 4.04. The van der Waals surface area contributed by atoms with Gasteiger partial charge in [0, 0.05) is 6.42 Å². The number of nitrogens with two attached hydrogens (primary N) is 1. The summed E-state index contributed by atoms with van der Waals surface area (Å²) in [5.74, 6) is -1.06. The van der Waals surface area contributed by atoms with E-state index in [4.69, 9.17) is 5.73 Å². The summed E-state index contributed by atoms with van der Waals surface area (Å²) >= 11 is 0. The summed E-state index contributed by atoms with van der Waals surface area (Å²) in [5.41, 5.74) is 7.59. The van der Waals surface area contributed by atoms with Crippen LogP contribution in [0, 0.1) is 6.92 Å². The molecule has 0 aliphatic heterocycles. The largest absolute Gasteiger partial charge is 0.396 e. The molecule has 0 bridgehead atoms. The van der Waals surface area contributed by atoms with Gasteiger partial charge in [-0.25, -0.2) is 0 Å². The smallest absolute Gasteiger partial charge is 0.192 e. The van der Waals surface area contributed by atoms with Gasteiger partial charge < -0.3 is 5.73 Å². The molecule has 1 atom stereocenters. The van der Waals surface area contributed by atoms with Crippen LogP contribution in [-0.2, 0) is 9.59 Å². The minimum Gasteiger partial charge on any atom is -0.396 e. The molecule has 0 saturated heterocycles. The summed E-state index contributed by atoms with van der Waals surface area (Å²) in [4.78, 5) is 23.5. The third kappa shape index (κ3) is 1.76. The first-order valence-corrected chi connectivity index (χ1v) is 5.18. The molecular weight excluding hydrogens is 202 g/mol. The van der Waals surface area contributed by atoms with Crippen LogP contribution in [0.25, 0.3) is 0 Å². The second-order valence-electron chi connectivity index (χ2n) is 4.04. The molecule has 2 rings (SSSR count). The van der Waals surface area contributed by atoms with Gasteiger partial charge in [0.15, 0.2) is 11.6 Å². The van der Waals surface area contributed by atoms with E-state index in [1.807, 2.05) is 31.2 Å². The van der Waals surface area contributed by atoms with Crippen molar-refractivity contribution in [3.8, 4) is 0 Å². The van der Waals surface area contributed by atoms with Crippen molar-refractivity contribution in [2.45, 2.75) is 19.3 Å². The lowest BCUT2D eigenvalue weighted by Crippen LogP contribution is -2.30. The highest BCUT2D eigenvalue weighted by Crippen LogP contribution is 2.25. The number of benzene rings is 1. The van der Waals surface area contributed by atoms with E-state index in [1.54, 1.807) is 0 Å². The van der Waals surface area contributed by atoms with Gasteiger partial charge >= 0.3 is 0 Å². The molecule has 16 heavy (non-hydrogen) atoms. The zero-order valence-corrected chi connectivity index (χ0v) is 9.07. The standard InChI is InChI=1S/C13H13NO2/c1-8-2-4-9(5-3-8)12-11(15)7-6-10(14)13(12)16/h2-6,12H,7,14H2,1H3. The lowest BCUT2D eigenvalue weighted by molar-refractivity contribution is -0.127. The van der Waals surface area contributed by atoms with Crippen LogP contribution < -0.4 is 5.73 Å². The summed E-state index contributed by atoms with van der Waals surface area (Å²) in [7, 11) is 0. The van der Waals surface area contributed by atoms with Gasteiger partial charge in [0.05, 0.1) is 5.70 Å². The Morgan fingerprint density at radius 1 is 1.19 bits per heavy atom. The molecule has 0 fully saturated rings. The number of ketones is 2. The van der Waals surface area contributed by atoms with Crippen LogP contribution in [0.2, 0.25) is 0 Å². The van der Waals surface area contributed by atoms with Gasteiger partial charge in [0.1, 0.15) is 5.92 Å². The molecule has 0 heterocycles. The van der Waals surface area contributed by atoms with Crippen molar-refractivity contribution in [2.75, 3.05) is 0 Å². The number of hydrogen-bond acceptors (Lipinski definition) is 3. The predicted octanol–water partition coefficient (Wildman–Crippen LogP) is 1.46. The molecule has 2 N–H and O–H groups in total. The fourth-order valence-electron chi connectivity index (χ4n) is 1.84. The normalized spacial score (nSPS) is 20.8. The van der Waals surface area contributed by atoms with Gasteiger partial charge in [-0.05, 0) is 12.5 Å². The zero-order valence-electron chi connectivity index (χ0n) is 9.07. The fourth-order valence-corrected chi connectivity index (χ4v) is 1.84. The zero-order chi connectivity index (χ0) is 11.7. The van der Waals surface area contributed by atoms with Crippen LogP contribution in [0.5, 0.6) is 0 Å². The molecule has 3 heteroatoms. The topological polar surface area (TPSA) is 60.2 Å². The Bertz CT molecular complexity index is 471. The van der Waals surface area contributed by atoms with Crippen molar-refractivity contribution in [1.82, 2.24) is 0 Å². The van der Waals surface area contributed by atoms with E-state index < -0.39 is 5.92 Å². The Kier molecular flexibility index (Phi) is 2.60. The van der Waals surface area contributed by atoms with Crippen molar-refractivity contribution in [3.05, 3.63) is 47.2 Å². The van der Waals surface area contributed by atoms with Gasteiger partial charge in [0.2, 0.25) is 0 Å². The van der Waals surface area contributed by atoms with Gasteiger partial charge in [-0.15, -0.1) is 0 Å². The molecule has 0 saturated carbocycles. The van der Waals surface area contributed by atoms with Crippen LogP contribution in [0.4, 0.5) is 0 Å². The Labute approximate surface area is 94.0 Å². The lowest BCUT2D eigenvalue weighted by Gasteiger charge is -2.18. The Balaban J connectivity index is 2.40. The van der Waals surface area contributed by atoms with Crippen molar-refractivity contribution >= 4 is 11.6 Å². The van der Waals surface area contributed by atoms with Gasteiger partial charge in [0.25, 0.3) is 0 Å². The minimum absolute atomic E-state index is 0.0805. The number of hydrogen-bond donors (Lipinski definition) is 1. The monoisotopic (exact) mass is 215 g/mol. The molecule has 1 unspecified atom stereocenters. The number of carbonyl (C=O) groups excluding carboxylic acids is 2. The third-order valence-corrected chi connectivity index (χ3v) is 2.80. The third-order valence-electron chi connectivity index (χ3n) is 2.80. The second kappa shape index (κ2) is 3.93. The summed E-state index contributed by atoms with van der Waals surface area (Å²) in [6, 6.07) is 7.41. The van der Waals surface area contributed by atoms with E-state index in [0.29, 0.717) is 0 Å². The highest BCUT2D eigenvalue weighted by molar-refractivity contribution is 6.16. The molecule has 1 aromatic rings. The molecule has 0 amide bonds. The van der Waals surface area contributed by atoms with Gasteiger partial charge in [-0.3, -0.25) is 9.59 Å². The summed E-state index contributed by atoms with van der Waals surface area (Å²) in [6.45, 7) is 1.96. The maximum atomic E-state index is 11.8. The number of allylic oxidation sites excluding steroid dienone is 2. The van der Waals surface area contributed by atoms with E-state index in [1.165, 1.54) is 6.08 Å². The summed E-state index contributed by atoms with van der Waals surface area (Å²) in [5, 5.41) is 0. The molecule has 3 nitrogen and oxygen atoms in total. The maximum absolute atomic E-state index is 11.8. The first-order chi connectivity index (χ1) is 7.59. The number of Topliss-reactive ketones (excluding diaryl/α,β-unsaturated/α-hetero) is 2. The van der Waals surface area contributed by atoms with Crippen molar-refractivity contribution in [3.63, 3.8) is 0 Å². The number of aryl methyl sites for hydroxylation is 1. The van der Waals surface area contributed by atoms with Crippen molar-refractivity contribution in [2.24, 2.45) is 5.73 Å².